The van der Waals surface area contributed by atoms with Crippen LogP contribution in [-0.2, 0) is 6.42 Å². The molecule has 2 heterocycles. The van der Waals surface area contributed by atoms with Crippen LogP contribution in [0.25, 0.3) is 4.96 Å². The predicted molar refractivity (Wildman–Crippen MR) is 82.6 cm³/mol. The van der Waals surface area contributed by atoms with Gasteiger partial charge < -0.3 is 0 Å². The van der Waals surface area contributed by atoms with Gasteiger partial charge in [-0.3, -0.25) is 15.7 Å². The van der Waals surface area contributed by atoms with Crippen molar-refractivity contribution in [3.05, 3.63) is 23.5 Å². The largest absolute Gasteiger partial charge is 0.297 e. The molecule has 1 saturated carbocycles. The first kappa shape index (κ1) is 13.4. The van der Waals surface area contributed by atoms with Gasteiger partial charge in [0.25, 0.3) is 0 Å². The molecular weight excluding hydrogens is 276 g/mol. The average Bonchev–Trinajstić information content (AvgIpc) is 3.10. The van der Waals surface area contributed by atoms with E-state index in [-0.39, 0.29) is 0 Å². The summed E-state index contributed by atoms with van der Waals surface area (Å²) < 4.78 is 2.08. The molecule has 1 fully saturated rings. The van der Waals surface area contributed by atoms with Crippen molar-refractivity contribution >= 4 is 28.1 Å². The summed E-state index contributed by atoms with van der Waals surface area (Å²) >= 11 is 3.74. The molecule has 0 radical (unpaired) electrons. The first-order chi connectivity index (χ1) is 9.35. The molecule has 0 aliphatic heterocycles. The van der Waals surface area contributed by atoms with Crippen LogP contribution in [0.2, 0.25) is 0 Å². The highest BCUT2D eigenvalue weighted by atomic mass is 32.2. The van der Waals surface area contributed by atoms with Crippen LogP contribution in [-0.4, -0.2) is 26.4 Å². The Morgan fingerprint density at radius 3 is 3.11 bits per heavy atom. The molecule has 0 saturated heterocycles. The van der Waals surface area contributed by atoms with Crippen molar-refractivity contribution in [2.24, 2.45) is 5.84 Å². The van der Waals surface area contributed by atoms with Gasteiger partial charge in [-0.25, -0.2) is 4.98 Å². The summed E-state index contributed by atoms with van der Waals surface area (Å²) in [6.45, 7) is 0. The van der Waals surface area contributed by atoms with Gasteiger partial charge in [0, 0.05) is 41.2 Å². The Morgan fingerprint density at radius 2 is 2.37 bits per heavy atom. The Balaban J connectivity index is 1.54. The monoisotopic (exact) mass is 296 g/mol. The normalized spacial score (nSPS) is 18.4. The number of imidazole rings is 1. The van der Waals surface area contributed by atoms with E-state index >= 15 is 0 Å². The molecule has 1 atom stereocenters. The quantitative estimate of drug-likeness (QED) is 0.635. The third-order valence-electron chi connectivity index (χ3n) is 3.67. The van der Waals surface area contributed by atoms with Crippen molar-refractivity contribution in [3.63, 3.8) is 0 Å². The second-order valence-electron chi connectivity index (χ2n) is 5.13. The van der Waals surface area contributed by atoms with Crippen LogP contribution in [0.1, 0.15) is 31.4 Å². The molecular formula is C13H20N4S2. The molecule has 0 aromatic carbocycles. The highest BCUT2D eigenvalue weighted by Crippen LogP contribution is 2.29. The molecule has 0 bridgehead atoms. The predicted octanol–water partition coefficient (Wildman–Crippen LogP) is 2.45. The molecule has 104 valence electrons. The van der Waals surface area contributed by atoms with E-state index < -0.39 is 0 Å². The lowest BCUT2D eigenvalue weighted by molar-refractivity contribution is 0.569. The van der Waals surface area contributed by atoms with Crippen LogP contribution < -0.4 is 11.3 Å². The van der Waals surface area contributed by atoms with Crippen molar-refractivity contribution in [1.29, 1.82) is 0 Å². The Bertz CT molecular complexity index is 487. The highest BCUT2D eigenvalue weighted by molar-refractivity contribution is 7.99. The summed E-state index contributed by atoms with van der Waals surface area (Å²) in [5.41, 5.74) is 4.07. The minimum Gasteiger partial charge on any atom is -0.297 e. The third kappa shape index (κ3) is 3.31. The minimum atomic E-state index is 0.315. The standard InChI is InChI=1S/C13H20N4S2/c14-16-11(9-19-12-3-1-2-4-12)7-10-8-17-5-6-18-13(17)15-10/h5-6,8,11-12,16H,1-4,7,9,14H2. The van der Waals surface area contributed by atoms with Crippen molar-refractivity contribution < 1.29 is 0 Å². The van der Waals surface area contributed by atoms with Crippen molar-refractivity contribution in [2.75, 3.05) is 5.75 Å². The SMILES string of the molecule is NNC(CSC1CCCC1)Cc1cn2ccsc2n1. The molecule has 19 heavy (non-hydrogen) atoms. The third-order valence-corrected chi connectivity index (χ3v) is 5.98. The van der Waals surface area contributed by atoms with Gasteiger partial charge in [-0.05, 0) is 12.8 Å². The van der Waals surface area contributed by atoms with Crippen LogP contribution in [0.3, 0.4) is 0 Å². The molecule has 2 aromatic rings. The average molecular weight is 296 g/mol. The van der Waals surface area contributed by atoms with Gasteiger partial charge in [0.05, 0.1) is 5.69 Å². The smallest absolute Gasteiger partial charge is 0.193 e. The fourth-order valence-electron chi connectivity index (χ4n) is 2.60. The maximum absolute atomic E-state index is 5.68. The first-order valence-corrected chi connectivity index (χ1v) is 8.77. The van der Waals surface area contributed by atoms with Gasteiger partial charge in [-0.15, -0.1) is 11.3 Å². The number of thioether (sulfide) groups is 1. The fraction of sp³-hybridized carbons (Fsp3) is 0.615. The van der Waals surface area contributed by atoms with E-state index in [9.17, 15) is 0 Å². The molecule has 3 rings (SSSR count). The van der Waals surface area contributed by atoms with Crippen LogP contribution in [0.4, 0.5) is 0 Å². The van der Waals surface area contributed by atoms with Crippen LogP contribution in [0, 0.1) is 0 Å². The van der Waals surface area contributed by atoms with Crippen LogP contribution in [0.5, 0.6) is 0 Å². The minimum absolute atomic E-state index is 0.315. The number of hydrazine groups is 1. The number of nitrogens with zero attached hydrogens (tertiary/aromatic N) is 2. The highest BCUT2D eigenvalue weighted by Gasteiger charge is 2.18. The van der Waals surface area contributed by atoms with E-state index in [4.69, 9.17) is 5.84 Å². The fourth-order valence-corrected chi connectivity index (χ4v) is 4.70. The summed E-state index contributed by atoms with van der Waals surface area (Å²) in [6.07, 6.45) is 10.6. The zero-order valence-electron chi connectivity index (χ0n) is 10.9. The molecule has 4 nitrogen and oxygen atoms in total. The molecule has 2 aromatic heterocycles. The molecule has 3 N–H and O–H groups in total. The number of hydrogen-bond acceptors (Lipinski definition) is 5. The lowest BCUT2D eigenvalue weighted by atomic mass is 10.2. The molecule has 1 unspecified atom stereocenters. The summed E-state index contributed by atoms with van der Waals surface area (Å²) in [7, 11) is 0. The first-order valence-electron chi connectivity index (χ1n) is 6.84. The molecule has 0 amide bonds. The van der Waals surface area contributed by atoms with Gasteiger partial charge in [0.2, 0.25) is 0 Å². The zero-order chi connectivity index (χ0) is 13.1. The van der Waals surface area contributed by atoms with E-state index in [2.05, 4.69) is 44.3 Å². The van der Waals surface area contributed by atoms with Gasteiger partial charge in [-0.1, -0.05) is 12.8 Å². The second-order valence-corrected chi connectivity index (χ2v) is 7.34. The van der Waals surface area contributed by atoms with Crippen molar-refractivity contribution in [1.82, 2.24) is 14.8 Å². The summed E-state index contributed by atoms with van der Waals surface area (Å²) in [5.74, 6) is 6.76. The van der Waals surface area contributed by atoms with Gasteiger partial charge in [0.1, 0.15) is 0 Å². The Labute approximate surface area is 121 Å². The Hall–Kier alpha value is -0.560. The van der Waals surface area contributed by atoms with E-state index in [1.165, 1.54) is 25.7 Å². The summed E-state index contributed by atoms with van der Waals surface area (Å²) in [4.78, 5) is 5.68. The van der Waals surface area contributed by atoms with E-state index in [0.29, 0.717) is 6.04 Å². The van der Waals surface area contributed by atoms with Crippen molar-refractivity contribution in [3.8, 4) is 0 Å². The number of thiazole rings is 1. The number of aromatic nitrogens is 2. The molecule has 1 aliphatic rings. The second kappa shape index (κ2) is 6.26. The van der Waals surface area contributed by atoms with Gasteiger partial charge in [-0.2, -0.15) is 11.8 Å². The van der Waals surface area contributed by atoms with E-state index in [0.717, 1.165) is 28.1 Å². The Morgan fingerprint density at radius 1 is 1.53 bits per heavy atom. The van der Waals surface area contributed by atoms with Crippen LogP contribution in [0.15, 0.2) is 17.8 Å². The lowest BCUT2D eigenvalue weighted by Crippen LogP contribution is -2.39. The van der Waals surface area contributed by atoms with Gasteiger partial charge in [0.15, 0.2) is 4.96 Å². The molecule has 6 heteroatoms. The summed E-state index contributed by atoms with van der Waals surface area (Å²) in [5, 5.41) is 2.90. The maximum Gasteiger partial charge on any atom is 0.193 e. The number of hydrogen-bond donors (Lipinski definition) is 2. The maximum atomic E-state index is 5.68. The van der Waals surface area contributed by atoms with Gasteiger partial charge >= 0.3 is 0 Å². The van der Waals surface area contributed by atoms with Crippen molar-refractivity contribution in [2.45, 2.75) is 43.4 Å². The topological polar surface area (TPSA) is 55.3 Å². The molecule has 1 aliphatic carbocycles. The number of nitrogens with one attached hydrogen (secondary N) is 1. The summed E-state index contributed by atoms with van der Waals surface area (Å²) in [6, 6.07) is 0.315. The van der Waals surface area contributed by atoms with Crippen LogP contribution >= 0.6 is 23.1 Å². The Kier molecular flexibility index (Phi) is 4.42. The molecule has 0 spiro atoms. The van der Waals surface area contributed by atoms with E-state index in [1.54, 1.807) is 11.3 Å². The number of nitrogens with two attached hydrogens (primary N) is 1. The zero-order valence-corrected chi connectivity index (χ0v) is 12.6. The lowest BCUT2D eigenvalue weighted by Gasteiger charge is -2.16. The number of fused-ring (bicyclic) bond motifs is 1. The van der Waals surface area contributed by atoms with E-state index in [1.807, 2.05) is 0 Å². The number of rotatable bonds is 6.